The second kappa shape index (κ2) is 5.65. The quantitative estimate of drug-likeness (QED) is 0.927. The molecule has 0 aliphatic carbocycles. The van der Waals surface area contributed by atoms with Crippen LogP contribution in [0, 0.1) is 0 Å². The van der Waals surface area contributed by atoms with Crippen LogP contribution in [0.1, 0.15) is 11.1 Å². The summed E-state index contributed by atoms with van der Waals surface area (Å²) in [4.78, 5) is 0. The van der Waals surface area contributed by atoms with Crippen LogP contribution in [0.25, 0.3) is 0 Å². The van der Waals surface area contributed by atoms with Crippen molar-refractivity contribution in [2.75, 3.05) is 6.61 Å². The van der Waals surface area contributed by atoms with Gasteiger partial charge < -0.3 is 10.5 Å². The lowest BCUT2D eigenvalue weighted by Crippen LogP contribution is -2.16. The van der Waals surface area contributed by atoms with Crippen LogP contribution < -0.4 is 5.73 Å². The van der Waals surface area contributed by atoms with Gasteiger partial charge in [-0.15, -0.1) is 0 Å². The van der Waals surface area contributed by atoms with E-state index in [-0.39, 0.29) is 6.61 Å². The van der Waals surface area contributed by atoms with E-state index in [0.717, 1.165) is 5.56 Å². The molecular formula is C10H11BrF3NO. The Kier molecular flexibility index (Phi) is 4.76. The van der Waals surface area contributed by atoms with Crippen molar-refractivity contribution in [3.8, 4) is 0 Å². The van der Waals surface area contributed by atoms with Crippen LogP contribution in [-0.4, -0.2) is 12.8 Å². The van der Waals surface area contributed by atoms with Gasteiger partial charge in [0.15, 0.2) is 0 Å². The summed E-state index contributed by atoms with van der Waals surface area (Å²) in [7, 11) is 0. The number of ether oxygens (including phenoxy) is 1. The van der Waals surface area contributed by atoms with Gasteiger partial charge in [-0.05, 0) is 17.2 Å². The fourth-order valence-electron chi connectivity index (χ4n) is 1.11. The predicted octanol–water partition coefficient (Wildman–Crippen LogP) is 2.99. The molecule has 0 unspecified atom stereocenters. The molecule has 2 N–H and O–H groups in total. The monoisotopic (exact) mass is 297 g/mol. The summed E-state index contributed by atoms with van der Waals surface area (Å²) in [6.45, 7) is -0.925. The molecule has 0 amide bonds. The van der Waals surface area contributed by atoms with Gasteiger partial charge in [-0.3, -0.25) is 0 Å². The van der Waals surface area contributed by atoms with Crippen molar-refractivity contribution in [1.82, 2.24) is 0 Å². The molecule has 0 aliphatic heterocycles. The molecule has 0 saturated carbocycles. The molecule has 16 heavy (non-hydrogen) atoms. The van der Waals surface area contributed by atoms with Crippen LogP contribution in [0.15, 0.2) is 22.7 Å². The van der Waals surface area contributed by atoms with Crippen molar-refractivity contribution in [1.29, 1.82) is 0 Å². The molecule has 1 aromatic rings. The Morgan fingerprint density at radius 2 is 2.00 bits per heavy atom. The van der Waals surface area contributed by atoms with Gasteiger partial charge in [0.1, 0.15) is 6.61 Å². The highest BCUT2D eigenvalue weighted by Gasteiger charge is 2.27. The zero-order chi connectivity index (χ0) is 12.2. The fraction of sp³-hybridized carbons (Fsp3) is 0.400. The normalized spacial score (nSPS) is 11.8. The van der Waals surface area contributed by atoms with Crippen molar-refractivity contribution >= 4 is 15.9 Å². The molecule has 0 saturated heterocycles. The molecule has 1 rings (SSSR count). The van der Waals surface area contributed by atoms with Gasteiger partial charge in [0.05, 0.1) is 6.61 Å². The summed E-state index contributed by atoms with van der Waals surface area (Å²) < 4.78 is 40.7. The highest BCUT2D eigenvalue weighted by molar-refractivity contribution is 9.10. The second-order valence-corrected chi connectivity index (χ2v) is 4.09. The first-order valence-corrected chi connectivity index (χ1v) is 5.33. The third kappa shape index (κ3) is 4.51. The standard InChI is InChI=1S/C10H11BrF3NO/c11-9-3-7(4-15)1-2-8(9)5-16-6-10(12,13)14/h1-3H,4-6,15H2. The van der Waals surface area contributed by atoms with Crippen LogP contribution in [-0.2, 0) is 17.9 Å². The molecule has 1 aromatic carbocycles. The van der Waals surface area contributed by atoms with E-state index in [9.17, 15) is 13.2 Å². The number of rotatable bonds is 4. The third-order valence-corrected chi connectivity index (χ3v) is 2.61. The van der Waals surface area contributed by atoms with E-state index in [4.69, 9.17) is 5.73 Å². The minimum Gasteiger partial charge on any atom is -0.367 e. The van der Waals surface area contributed by atoms with Crippen molar-refractivity contribution in [3.05, 3.63) is 33.8 Å². The number of halogens is 4. The zero-order valence-electron chi connectivity index (χ0n) is 8.35. The maximum Gasteiger partial charge on any atom is 0.411 e. The average Bonchev–Trinajstić information content (AvgIpc) is 2.18. The zero-order valence-corrected chi connectivity index (χ0v) is 9.94. The fourth-order valence-corrected chi connectivity index (χ4v) is 1.65. The largest absolute Gasteiger partial charge is 0.411 e. The first-order chi connectivity index (χ1) is 7.42. The first kappa shape index (κ1) is 13.5. The molecule has 0 radical (unpaired) electrons. The highest BCUT2D eigenvalue weighted by Crippen LogP contribution is 2.21. The van der Waals surface area contributed by atoms with Gasteiger partial charge >= 0.3 is 6.18 Å². The molecule has 0 fully saturated rings. The first-order valence-electron chi connectivity index (χ1n) is 4.54. The Hall–Kier alpha value is -0.590. The minimum atomic E-state index is -4.29. The Morgan fingerprint density at radius 1 is 1.31 bits per heavy atom. The summed E-state index contributed by atoms with van der Waals surface area (Å²) in [5, 5.41) is 0. The summed E-state index contributed by atoms with van der Waals surface area (Å²) in [6.07, 6.45) is -4.29. The van der Waals surface area contributed by atoms with Crippen molar-refractivity contribution in [2.24, 2.45) is 5.73 Å². The lowest BCUT2D eigenvalue weighted by atomic mass is 10.1. The van der Waals surface area contributed by atoms with E-state index in [1.165, 1.54) is 0 Å². The SMILES string of the molecule is NCc1ccc(COCC(F)(F)F)c(Br)c1. The van der Waals surface area contributed by atoms with Crippen LogP contribution in [0.4, 0.5) is 13.2 Å². The Labute approximate surface area is 99.7 Å². The van der Waals surface area contributed by atoms with Crippen molar-refractivity contribution in [2.45, 2.75) is 19.3 Å². The smallest absolute Gasteiger partial charge is 0.367 e. The highest BCUT2D eigenvalue weighted by atomic mass is 79.9. The Bertz CT molecular complexity index is 354. The molecule has 0 aliphatic rings. The molecule has 0 bridgehead atoms. The second-order valence-electron chi connectivity index (χ2n) is 3.24. The van der Waals surface area contributed by atoms with Gasteiger partial charge in [-0.1, -0.05) is 28.1 Å². The van der Waals surface area contributed by atoms with E-state index in [1.54, 1.807) is 18.2 Å². The van der Waals surface area contributed by atoms with Gasteiger partial charge in [-0.2, -0.15) is 13.2 Å². The van der Waals surface area contributed by atoms with Gasteiger partial charge in [0.25, 0.3) is 0 Å². The van der Waals surface area contributed by atoms with E-state index in [2.05, 4.69) is 20.7 Å². The molecule has 90 valence electrons. The average molecular weight is 298 g/mol. The number of benzene rings is 1. The molecule has 0 atom stereocenters. The lowest BCUT2D eigenvalue weighted by Gasteiger charge is -2.09. The van der Waals surface area contributed by atoms with Gasteiger partial charge in [0, 0.05) is 11.0 Å². The molecule has 0 aromatic heterocycles. The summed E-state index contributed by atoms with van der Waals surface area (Å²) in [6, 6.07) is 5.23. The number of hydrogen-bond donors (Lipinski definition) is 1. The van der Waals surface area contributed by atoms with Crippen molar-refractivity contribution in [3.63, 3.8) is 0 Å². The number of alkyl halides is 3. The summed E-state index contributed by atoms with van der Waals surface area (Å²) >= 11 is 3.25. The molecule has 0 spiro atoms. The van der Waals surface area contributed by atoms with Crippen LogP contribution in [0.5, 0.6) is 0 Å². The van der Waals surface area contributed by atoms with E-state index in [1.807, 2.05) is 0 Å². The molecule has 2 nitrogen and oxygen atoms in total. The maximum absolute atomic E-state index is 11.8. The van der Waals surface area contributed by atoms with E-state index in [0.29, 0.717) is 16.6 Å². The number of nitrogens with two attached hydrogens (primary N) is 1. The van der Waals surface area contributed by atoms with E-state index >= 15 is 0 Å². The van der Waals surface area contributed by atoms with Gasteiger partial charge in [-0.25, -0.2) is 0 Å². The van der Waals surface area contributed by atoms with Gasteiger partial charge in [0.2, 0.25) is 0 Å². The topological polar surface area (TPSA) is 35.2 Å². The lowest BCUT2D eigenvalue weighted by molar-refractivity contribution is -0.176. The van der Waals surface area contributed by atoms with E-state index < -0.39 is 12.8 Å². The van der Waals surface area contributed by atoms with Crippen LogP contribution in [0.2, 0.25) is 0 Å². The molecular weight excluding hydrogens is 287 g/mol. The van der Waals surface area contributed by atoms with Crippen molar-refractivity contribution < 1.29 is 17.9 Å². The summed E-state index contributed by atoms with van der Waals surface area (Å²) in [5.74, 6) is 0. The molecule has 6 heteroatoms. The minimum absolute atomic E-state index is 0.0784. The Balaban J connectivity index is 2.55. The third-order valence-electron chi connectivity index (χ3n) is 1.88. The Morgan fingerprint density at radius 3 is 2.50 bits per heavy atom. The summed E-state index contributed by atoms with van der Waals surface area (Å²) in [5.41, 5.74) is 7.00. The van der Waals surface area contributed by atoms with Crippen LogP contribution in [0.3, 0.4) is 0 Å². The number of hydrogen-bond acceptors (Lipinski definition) is 2. The molecule has 0 heterocycles. The van der Waals surface area contributed by atoms with Crippen LogP contribution >= 0.6 is 15.9 Å². The maximum atomic E-state index is 11.8. The predicted molar refractivity (Wildman–Crippen MR) is 57.7 cm³/mol.